The van der Waals surface area contributed by atoms with Gasteiger partial charge in [0.1, 0.15) is 6.04 Å². The SMILES string of the molecule is C=CCN(CCN1CCOCC1)C(=O)C1N(CCCO)C(=O)[C@@H]2[C@@H](C(=O)N(CC=C)c3ccccc3)[C@@H]3SC12CC3Br. The van der Waals surface area contributed by atoms with Gasteiger partial charge in [0, 0.05) is 68.2 Å². The molecule has 4 heterocycles. The molecule has 9 nitrogen and oxygen atoms in total. The number of anilines is 1. The molecule has 4 aliphatic heterocycles. The van der Waals surface area contributed by atoms with Crippen LogP contribution in [0.2, 0.25) is 0 Å². The molecule has 1 aromatic carbocycles. The van der Waals surface area contributed by atoms with Gasteiger partial charge in [-0.25, -0.2) is 0 Å². The first-order valence-electron chi connectivity index (χ1n) is 14.8. The number of likely N-dealkylation sites (tertiary alicyclic amines) is 1. The number of amides is 3. The van der Waals surface area contributed by atoms with Gasteiger partial charge in [-0.1, -0.05) is 46.3 Å². The summed E-state index contributed by atoms with van der Waals surface area (Å²) in [6, 6.07) is 8.74. The molecule has 11 heteroatoms. The van der Waals surface area contributed by atoms with Gasteiger partial charge in [-0.2, -0.15) is 0 Å². The Morgan fingerprint density at radius 3 is 2.50 bits per heavy atom. The third-order valence-corrected chi connectivity index (χ3v) is 12.2. The quantitative estimate of drug-likeness (QED) is 0.257. The molecule has 4 saturated heterocycles. The predicted molar refractivity (Wildman–Crippen MR) is 169 cm³/mol. The number of carbonyl (C=O) groups is 3. The highest BCUT2D eigenvalue weighted by molar-refractivity contribution is 9.09. The van der Waals surface area contributed by atoms with Crippen LogP contribution in [0.4, 0.5) is 5.69 Å². The van der Waals surface area contributed by atoms with E-state index in [0.717, 1.165) is 18.8 Å². The Balaban J connectivity index is 1.48. The van der Waals surface area contributed by atoms with Gasteiger partial charge in [-0.3, -0.25) is 19.3 Å². The van der Waals surface area contributed by atoms with Crippen molar-refractivity contribution in [2.45, 2.75) is 33.7 Å². The fraction of sp³-hybridized carbons (Fsp3) is 0.581. The summed E-state index contributed by atoms with van der Waals surface area (Å²) in [7, 11) is 0. The molecule has 4 fully saturated rings. The summed E-state index contributed by atoms with van der Waals surface area (Å²) in [6.07, 6.45) is 4.41. The van der Waals surface area contributed by atoms with Crippen LogP contribution in [0.15, 0.2) is 55.6 Å². The summed E-state index contributed by atoms with van der Waals surface area (Å²) in [6.45, 7) is 12.9. The van der Waals surface area contributed by atoms with Crippen molar-refractivity contribution in [3.63, 3.8) is 0 Å². The fourth-order valence-corrected chi connectivity index (χ4v) is 10.7. The fourth-order valence-electron chi connectivity index (χ4n) is 7.12. The van der Waals surface area contributed by atoms with Crippen molar-refractivity contribution >= 4 is 51.1 Å². The lowest BCUT2D eigenvalue weighted by atomic mass is 9.70. The van der Waals surface area contributed by atoms with E-state index in [1.165, 1.54) is 0 Å². The second-order valence-corrected chi connectivity index (χ2v) is 14.1. The van der Waals surface area contributed by atoms with E-state index in [2.05, 4.69) is 34.0 Å². The summed E-state index contributed by atoms with van der Waals surface area (Å²) in [5.41, 5.74) is 0.755. The molecule has 1 N–H and O–H groups in total. The van der Waals surface area contributed by atoms with Crippen LogP contribution < -0.4 is 4.90 Å². The predicted octanol–water partition coefficient (Wildman–Crippen LogP) is 2.40. The number of morpholine rings is 1. The van der Waals surface area contributed by atoms with Gasteiger partial charge in [0.25, 0.3) is 0 Å². The van der Waals surface area contributed by atoms with E-state index < -0.39 is 22.6 Å². The molecule has 0 radical (unpaired) electrons. The van der Waals surface area contributed by atoms with Gasteiger partial charge in [0.2, 0.25) is 17.7 Å². The first-order chi connectivity index (χ1) is 20.4. The number of para-hydroxylation sites is 1. The molecule has 5 rings (SSSR count). The number of halogens is 1. The number of benzene rings is 1. The van der Waals surface area contributed by atoms with E-state index in [1.54, 1.807) is 33.7 Å². The van der Waals surface area contributed by atoms with Crippen molar-refractivity contribution < 1.29 is 24.2 Å². The molecule has 6 atom stereocenters. The number of alkyl halides is 1. The number of aliphatic hydroxyl groups excluding tert-OH is 1. The van der Waals surface area contributed by atoms with Gasteiger partial charge < -0.3 is 24.5 Å². The molecule has 42 heavy (non-hydrogen) atoms. The van der Waals surface area contributed by atoms with E-state index >= 15 is 0 Å². The number of nitrogens with zero attached hydrogens (tertiary/aromatic N) is 4. The topological polar surface area (TPSA) is 93.6 Å². The number of rotatable bonds is 13. The van der Waals surface area contributed by atoms with Crippen LogP contribution >= 0.6 is 27.7 Å². The number of ether oxygens (including phenoxy) is 1. The third kappa shape index (κ3) is 5.70. The minimum absolute atomic E-state index is 0.0175. The van der Waals surface area contributed by atoms with E-state index in [-0.39, 0.29) is 41.0 Å². The standard InChI is InChI=1S/C31H41BrN4O5S/c1-3-11-34(15-14-33-16-19-41-20-17-33)30(40)27-31-21-23(32)26(42-31)24(25(31)29(39)36(27)13-8-18-37)28(38)35(12-4-2)22-9-6-5-7-10-22/h3-7,9-10,23-27,37H,1-2,8,11-21H2/t23?,24-,25+,26-,27?,31?/m1/s1. The number of hydrogen-bond donors (Lipinski definition) is 1. The number of thioether (sulfide) groups is 1. The van der Waals surface area contributed by atoms with Crippen molar-refractivity contribution in [2.24, 2.45) is 11.8 Å². The van der Waals surface area contributed by atoms with Crippen LogP contribution in [-0.4, -0.2) is 124 Å². The van der Waals surface area contributed by atoms with E-state index in [9.17, 15) is 19.5 Å². The van der Waals surface area contributed by atoms with Crippen LogP contribution in [0.25, 0.3) is 0 Å². The highest BCUT2D eigenvalue weighted by Crippen LogP contribution is 2.68. The molecule has 3 amide bonds. The average Bonchev–Trinajstić information content (AvgIpc) is 3.60. The second kappa shape index (κ2) is 13.6. The van der Waals surface area contributed by atoms with Crippen molar-refractivity contribution in [1.29, 1.82) is 0 Å². The molecule has 1 spiro atoms. The summed E-state index contributed by atoms with van der Waals surface area (Å²) < 4.78 is 4.74. The Hall–Kier alpha value is -2.18. The van der Waals surface area contributed by atoms with E-state index in [4.69, 9.17) is 4.74 Å². The highest BCUT2D eigenvalue weighted by atomic mass is 79.9. The molecule has 0 aromatic heterocycles. The van der Waals surface area contributed by atoms with Gasteiger partial charge >= 0.3 is 0 Å². The van der Waals surface area contributed by atoms with Crippen molar-refractivity contribution in [3.05, 3.63) is 55.6 Å². The van der Waals surface area contributed by atoms with Gasteiger partial charge in [0.05, 0.1) is 29.8 Å². The van der Waals surface area contributed by atoms with Crippen molar-refractivity contribution in [1.82, 2.24) is 14.7 Å². The van der Waals surface area contributed by atoms with Crippen molar-refractivity contribution in [3.8, 4) is 0 Å². The molecule has 1 aromatic rings. The normalized spacial score (nSPS) is 30.3. The van der Waals surface area contributed by atoms with E-state index in [1.807, 2.05) is 35.2 Å². The minimum atomic E-state index is -0.738. The third-order valence-electron chi connectivity index (χ3n) is 8.96. The smallest absolute Gasteiger partial charge is 0.247 e. The van der Waals surface area contributed by atoms with E-state index in [0.29, 0.717) is 52.2 Å². The van der Waals surface area contributed by atoms with Crippen molar-refractivity contribution in [2.75, 3.05) is 70.5 Å². The first kappa shape index (κ1) is 31.3. The molecule has 0 aliphatic carbocycles. The molecule has 3 unspecified atom stereocenters. The number of fused-ring (bicyclic) bond motifs is 1. The molecule has 228 valence electrons. The van der Waals surface area contributed by atoms with Crippen LogP contribution in [0.1, 0.15) is 12.8 Å². The maximum absolute atomic E-state index is 14.5. The number of hydrogen-bond acceptors (Lipinski definition) is 7. The largest absolute Gasteiger partial charge is 0.396 e. The summed E-state index contributed by atoms with van der Waals surface area (Å²) in [4.78, 5) is 50.7. The number of carbonyl (C=O) groups excluding carboxylic acids is 3. The zero-order chi connectivity index (χ0) is 29.9. The zero-order valence-electron chi connectivity index (χ0n) is 24.0. The lowest BCUT2D eigenvalue weighted by molar-refractivity contribution is -0.143. The van der Waals surface area contributed by atoms with Gasteiger partial charge in [-0.15, -0.1) is 24.9 Å². The average molecular weight is 662 g/mol. The monoisotopic (exact) mass is 660 g/mol. The maximum atomic E-state index is 14.5. The van der Waals surface area contributed by atoms with Gasteiger partial charge in [0.15, 0.2) is 0 Å². The Kier molecular flexibility index (Phi) is 10.1. The van der Waals surface area contributed by atoms with Crippen LogP contribution in [0.3, 0.4) is 0 Å². The first-order valence-corrected chi connectivity index (χ1v) is 16.6. The van der Waals surface area contributed by atoms with Gasteiger partial charge in [-0.05, 0) is 25.0 Å². The Labute approximate surface area is 261 Å². The van der Waals surface area contributed by atoms with Crippen LogP contribution in [0.5, 0.6) is 0 Å². The Bertz CT molecular complexity index is 1170. The lowest BCUT2D eigenvalue weighted by Gasteiger charge is -2.39. The molecule has 2 bridgehead atoms. The Morgan fingerprint density at radius 2 is 1.83 bits per heavy atom. The minimum Gasteiger partial charge on any atom is -0.396 e. The Morgan fingerprint density at radius 1 is 1.12 bits per heavy atom. The molecule has 4 aliphatic rings. The lowest BCUT2D eigenvalue weighted by Crippen LogP contribution is -2.57. The maximum Gasteiger partial charge on any atom is 0.247 e. The summed E-state index contributed by atoms with van der Waals surface area (Å²) >= 11 is 5.50. The molecular formula is C31H41BrN4O5S. The summed E-state index contributed by atoms with van der Waals surface area (Å²) in [5, 5.41) is 9.55. The summed E-state index contributed by atoms with van der Waals surface area (Å²) in [5.74, 6) is -1.59. The second-order valence-electron chi connectivity index (χ2n) is 11.4. The zero-order valence-corrected chi connectivity index (χ0v) is 26.4. The number of aliphatic hydroxyl groups is 1. The highest BCUT2D eigenvalue weighted by Gasteiger charge is 2.76. The van der Waals surface area contributed by atoms with Crippen LogP contribution in [0, 0.1) is 11.8 Å². The molecular weight excluding hydrogens is 620 g/mol. The van der Waals surface area contributed by atoms with Crippen LogP contribution in [-0.2, 0) is 19.1 Å². The molecule has 0 saturated carbocycles.